The average Bonchev–Trinajstić information content (AvgIpc) is 2.87. The number of ether oxygens (including phenoxy) is 1. The van der Waals surface area contributed by atoms with E-state index < -0.39 is 11.9 Å². The third kappa shape index (κ3) is 3.38. The molecule has 0 aliphatic carbocycles. The Morgan fingerprint density at radius 3 is 2.83 bits per heavy atom. The van der Waals surface area contributed by atoms with Crippen molar-refractivity contribution in [3.63, 3.8) is 0 Å². The highest BCUT2D eigenvalue weighted by atomic mass is 35.5. The van der Waals surface area contributed by atoms with Crippen LogP contribution in [0.5, 0.6) is 0 Å². The molecule has 0 fully saturated rings. The van der Waals surface area contributed by atoms with Crippen LogP contribution in [-0.4, -0.2) is 18.5 Å². The fourth-order valence-corrected chi connectivity index (χ4v) is 4.02. The summed E-state index contributed by atoms with van der Waals surface area (Å²) in [6.45, 7) is 2.82. The first-order chi connectivity index (χ1) is 11.5. The zero-order valence-electron chi connectivity index (χ0n) is 12.9. The Kier molecular flexibility index (Phi) is 4.75. The number of thiophene rings is 1. The molecule has 4 N–H and O–H groups in total. The summed E-state index contributed by atoms with van der Waals surface area (Å²) in [5.74, 6) is -0.549. The summed E-state index contributed by atoms with van der Waals surface area (Å²) in [6.07, 6.45) is 0.615. The van der Waals surface area contributed by atoms with Crippen molar-refractivity contribution >= 4 is 45.6 Å². The highest BCUT2D eigenvalue weighted by molar-refractivity contribution is 7.17. The van der Waals surface area contributed by atoms with Gasteiger partial charge in [0.25, 0.3) is 5.91 Å². The van der Waals surface area contributed by atoms with Crippen molar-refractivity contribution in [2.75, 3.05) is 17.2 Å². The van der Waals surface area contributed by atoms with Crippen LogP contribution in [0.2, 0.25) is 5.02 Å². The van der Waals surface area contributed by atoms with E-state index >= 15 is 0 Å². The van der Waals surface area contributed by atoms with Crippen molar-refractivity contribution in [1.29, 1.82) is 0 Å². The summed E-state index contributed by atoms with van der Waals surface area (Å²) in [5.41, 5.74) is 8.22. The number of carbonyl (C=O) groups is 2. The highest BCUT2D eigenvalue weighted by Gasteiger charge is 2.25. The lowest BCUT2D eigenvalue weighted by Gasteiger charge is -2.12. The van der Waals surface area contributed by atoms with E-state index in [2.05, 4.69) is 10.6 Å². The summed E-state index contributed by atoms with van der Waals surface area (Å²) < 4.78 is 5.39. The molecule has 0 radical (unpaired) electrons. The second-order valence-corrected chi connectivity index (χ2v) is 6.95. The van der Waals surface area contributed by atoms with Crippen LogP contribution in [0.3, 0.4) is 0 Å². The summed E-state index contributed by atoms with van der Waals surface area (Å²) in [5, 5.41) is 6.51. The van der Waals surface area contributed by atoms with Crippen molar-refractivity contribution in [3.05, 3.63) is 44.8 Å². The fourth-order valence-electron chi connectivity index (χ4n) is 2.61. The van der Waals surface area contributed by atoms with Gasteiger partial charge in [-0.25, -0.2) is 4.79 Å². The first-order valence-corrected chi connectivity index (χ1v) is 8.51. The Morgan fingerprint density at radius 1 is 1.33 bits per heavy atom. The minimum atomic E-state index is -0.549. The Balaban J connectivity index is 1.81. The standard InChI is InChI=1S/C16H16ClN3O3S/c1-8-6-9(17)2-3-11(8)19-16(22)20-15-13(14(18)21)10-4-5-23-7-12(10)24-15/h2-3,6H,4-5,7H2,1H3,(H2,18,21)(H2,19,20,22). The second kappa shape index (κ2) is 6.80. The van der Waals surface area contributed by atoms with Gasteiger partial charge in [-0.2, -0.15) is 0 Å². The number of carbonyl (C=O) groups excluding carboxylic acids is 2. The maximum Gasteiger partial charge on any atom is 0.324 e. The Morgan fingerprint density at radius 2 is 2.12 bits per heavy atom. The van der Waals surface area contributed by atoms with Gasteiger partial charge in [0.2, 0.25) is 0 Å². The van der Waals surface area contributed by atoms with Gasteiger partial charge in [0.1, 0.15) is 5.00 Å². The van der Waals surface area contributed by atoms with E-state index in [4.69, 9.17) is 22.1 Å². The van der Waals surface area contributed by atoms with Gasteiger partial charge in [-0.1, -0.05) is 11.6 Å². The normalized spacial score (nSPS) is 13.2. The molecule has 1 aliphatic rings. The van der Waals surface area contributed by atoms with Crippen LogP contribution >= 0.6 is 22.9 Å². The van der Waals surface area contributed by atoms with Gasteiger partial charge in [0.15, 0.2) is 0 Å². The van der Waals surface area contributed by atoms with Gasteiger partial charge in [-0.05, 0) is 42.7 Å². The topological polar surface area (TPSA) is 93.5 Å². The Bertz CT molecular complexity index is 819. The summed E-state index contributed by atoms with van der Waals surface area (Å²) >= 11 is 7.22. The third-order valence-corrected chi connectivity index (χ3v) is 5.09. The molecule has 1 aromatic heterocycles. The van der Waals surface area contributed by atoms with E-state index in [1.54, 1.807) is 18.2 Å². The van der Waals surface area contributed by atoms with Crippen molar-refractivity contribution in [1.82, 2.24) is 0 Å². The largest absolute Gasteiger partial charge is 0.376 e. The predicted octanol–water partition coefficient (Wildman–Crippen LogP) is 3.53. The number of amides is 3. The Labute approximate surface area is 147 Å². The molecule has 0 saturated carbocycles. The smallest absolute Gasteiger partial charge is 0.324 e. The number of anilines is 2. The van der Waals surface area contributed by atoms with E-state index in [9.17, 15) is 9.59 Å². The van der Waals surface area contributed by atoms with Crippen molar-refractivity contribution in [2.24, 2.45) is 5.73 Å². The number of nitrogens with one attached hydrogen (secondary N) is 2. The highest BCUT2D eigenvalue weighted by Crippen LogP contribution is 2.36. The van der Waals surface area contributed by atoms with Crippen LogP contribution in [0.4, 0.5) is 15.5 Å². The molecule has 2 aromatic rings. The van der Waals surface area contributed by atoms with E-state index in [0.29, 0.717) is 40.9 Å². The SMILES string of the molecule is Cc1cc(Cl)ccc1NC(=O)Nc1sc2c(c1C(N)=O)CCOC2. The van der Waals surface area contributed by atoms with Crippen LogP contribution in [0.15, 0.2) is 18.2 Å². The minimum absolute atomic E-state index is 0.376. The Hall–Kier alpha value is -2.09. The first-order valence-electron chi connectivity index (χ1n) is 7.32. The van der Waals surface area contributed by atoms with Gasteiger partial charge >= 0.3 is 6.03 Å². The molecule has 0 unspecified atom stereocenters. The number of benzene rings is 1. The molecular weight excluding hydrogens is 350 g/mol. The van der Waals surface area contributed by atoms with Gasteiger partial charge in [-0.15, -0.1) is 11.3 Å². The number of rotatable bonds is 3. The minimum Gasteiger partial charge on any atom is -0.376 e. The zero-order valence-corrected chi connectivity index (χ0v) is 14.5. The number of primary amides is 1. The lowest BCUT2D eigenvalue weighted by Crippen LogP contribution is -2.22. The molecule has 0 bridgehead atoms. The molecule has 6 nitrogen and oxygen atoms in total. The molecule has 0 atom stereocenters. The lowest BCUT2D eigenvalue weighted by molar-refractivity contribution is 0.0991. The summed E-state index contributed by atoms with van der Waals surface area (Å²) in [6, 6.07) is 4.73. The fraction of sp³-hybridized carbons (Fsp3) is 0.250. The third-order valence-electron chi connectivity index (χ3n) is 3.73. The molecule has 1 aliphatic heterocycles. The number of nitrogens with two attached hydrogens (primary N) is 1. The predicted molar refractivity (Wildman–Crippen MR) is 95.0 cm³/mol. The van der Waals surface area contributed by atoms with Crippen LogP contribution < -0.4 is 16.4 Å². The van der Waals surface area contributed by atoms with E-state index in [-0.39, 0.29) is 0 Å². The molecular formula is C16H16ClN3O3S. The van der Waals surface area contributed by atoms with Crippen molar-refractivity contribution in [3.8, 4) is 0 Å². The van der Waals surface area contributed by atoms with E-state index in [0.717, 1.165) is 16.0 Å². The molecule has 0 spiro atoms. The van der Waals surface area contributed by atoms with Crippen LogP contribution in [-0.2, 0) is 17.8 Å². The number of urea groups is 1. The van der Waals surface area contributed by atoms with Gasteiger partial charge in [0.05, 0.1) is 18.8 Å². The molecule has 1 aromatic carbocycles. The van der Waals surface area contributed by atoms with Gasteiger partial charge in [-0.3, -0.25) is 10.1 Å². The number of hydrogen-bond acceptors (Lipinski definition) is 4. The quantitative estimate of drug-likeness (QED) is 0.776. The number of fused-ring (bicyclic) bond motifs is 1. The number of halogens is 1. The molecule has 0 saturated heterocycles. The van der Waals surface area contributed by atoms with Crippen LogP contribution in [0.25, 0.3) is 0 Å². The molecule has 126 valence electrons. The van der Waals surface area contributed by atoms with E-state index in [1.165, 1.54) is 11.3 Å². The average molecular weight is 366 g/mol. The zero-order chi connectivity index (χ0) is 17.3. The second-order valence-electron chi connectivity index (χ2n) is 5.41. The van der Waals surface area contributed by atoms with E-state index in [1.807, 2.05) is 6.92 Å². The van der Waals surface area contributed by atoms with Crippen molar-refractivity contribution in [2.45, 2.75) is 20.0 Å². The molecule has 8 heteroatoms. The first kappa shape index (κ1) is 16.8. The number of hydrogen-bond donors (Lipinski definition) is 3. The summed E-state index contributed by atoms with van der Waals surface area (Å²) in [7, 11) is 0. The molecule has 24 heavy (non-hydrogen) atoms. The van der Waals surface area contributed by atoms with Crippen LogP contribution in [0.1, 0.15) is 26.4 Å². The van der Waals surface area contributed by atoms with Gasteiger partial charge in [0, 0.05) is 15.6 Å². The number of aryl methyl sites for hydroxylation is 1. The summed E-state index contributed by atoms with van der Waals surface area (Å²) in [4.78, 5) is 25.0. The lowest BCUT2D eigenvalue weighted by atomic mass is 10.1. The molecule has 3 rings (SSSR count). The maximum absolute atomic E-state index is 12.3. The maximum atomic E-state index is 12.3. The monoisotopic (exact) mass is 365 g/mol. The molecule has 2 heterocycles. The molecule has 3 amide bonds. The van der Waals surface area contributed by atoms with Crippen molar-refractivity contribution < 1.29 is 14.3 Å². The van der Waals surface area contributed by atoms with Gasteiger partial charge < -0.3 is 15.8 Å². The van der Waals surface area contributed by atoms with Crippen LogP contribution in [0, 0.1) is 6.92 Å².